The fraction of sp³-hybridized carbons (Fsp3) is 0.733. The van der Waals surface area contributed by atoms with Crippen LogP contribution in [0.25, 0.3) is 0 Å². The van der Waals surface area contributed by atoms with Crippen molar-refractivity contribution in [1.29, 1.82) is 0 Å². The summed E-state index contributed by atoms with van der Waals surface area (Å²) in [7, 11) is 0. The second-order valence-electron chi connectivity index (χ2n) is 5.53. The van der Waals surface area contributed by atoms with Gasteiger partial charge in [-0.1, -0.05) is 13.8 Å². The van der Waals surface area contributed by atoms with Gasteiger partial charge in [-0.2, -0.15) is 0 Å². The Labute approximate surface area is 116 Å². The molecule has 2 unspecified atom stereocenters. The lowest BCUT2D eigenvalue weighted by atomic mass is 10.0. The summed E-state index contributed by atoms with van der Waals surface area (Å²) >= 11 is 0. The van der Waals surface area contributed by atoms with Crippen molar-refractivity contribution in [3.05, 3.63) is 24.2 Å². The third kappa shape index (κ3) is 8.03. The standard InChI is InChI=1S/C15H27NO3/c1-12(2)6-7-13(3)16-9-14(17)10-18-11-15-5-4-8-19-15/h4-5,8,12-14,16-17H,6-7,9-11H2,1-3H3. The van der Waals surface area contributed by atoms with Gasteiger partial charge >= 0.3 is 0 Å². The van der Waals surface area contributed by atoms with E-state index in [1.165, 1.54) is 6.42 Å². The molecule has 2 atom stereocenters. The van der Waals surface area contributed by atoms with E-state index in [1.807, 2.05) is 12.1 Å². The molecule has 1 heterocycles. The first-order chi connectivity index (χ1) is 9.08. The molecule has 0 aliphatic rings. The van der Waals surface area contributed by atoms with Gasteiger partial charge in [-0.3, -0.25) is 0 Å². The molecule has 0 amide bonds. The first-order valence-corrected chi connectivity index (χ1v) is 7.09. The van der Waals surface area contributed by atoms with Crippen LogP contribution in [0, 0.1) is 5.92 Å². The number of ether oxygens (including phenoxy) is 1. The maximum atomic E-state index is 9.79. The molecule has 0 aromatic carbocycles. The Morgan fingerprint density at radius 3 is 2.74 bits per heavy atom. The van der Waals surface area contributed by atoms with Gasteiger partial charge in [0, 0.05) is 12.6 Å². The Hall–Kier alpha value is -0.840. The molecule has 0 saturated carbocycles. The third-order valence-corrected chi connectivity index (χ3v) is 3.01. The summed E-state index contributed by atoms with van der Waals surface area (Å²) in [6, 6.07) is 4.12. The zero-order valence-corrected chi connectivity index (χ0v) is 12.3. The molecule has 4 heteroatoms. The van der Waals surface area contributed by atoms with Crippen LogP contribution in [0.2, 0.25) is 0 Å². The molecule has 0 aliphatic heterocycles. The third-order valence-electron chi connectivity index (χ3n) is 3.01. The van der Waals surface area contributed by atoms with Crippen molar-refractivity contribution >= 4 is 0 Å². The molecule has 1 aromatic heterocycles. The lowest BCUT2D eigenvalue weighted by Crippen LogP contribution is -2.36. The van der Waals surface area contributed by atoms with Crippen molar-refractivity contribution in [3.8, 4) is 0 Å². The van der Waals surface area contributed by atoms with E-state index in [0.717, 1.165) is 18.1 Å². The van der Waals surface area contributed by atoms with Crippen LogP contribution in [0.4, 0.5) is 0 Å². The van der Waals surface area contributed by atoms with E-state index in [-0.39, 0.29) is 0 Å². The van der Waals surface area contributed by atoms with Crippen molar-refractivity contribution in [1.82, 2.24) is 5.32 Å². The Morgan fingerprint density at radius 1 is 1.32 bits per heavy atom. The summed E-state index contributed by atoms with van der Waals surface area (Å²) in [5.41, 5.74) is 0. The van der Waals surface area contributed by atoms with Crippen LogP contribution >= 0.6 is 0 Å². The number of aliphatic hydroxyl groups excluding tert-OH is 1. The number of hydrogen-bond acceptors (Lipinski definition) is 4. The van der Waals surface area contributed by atoms with Crippen LogP contribution in [0.1, 0.15) is 39.4 Å². The van der Waals surface area contributed by atoms with Gasteiger partial charge < -0.3 is 19.6 Å². The molecule has 0 bridgehead atoms. The van der Waals surface area contributed by atoms with Crippen molar-refractivity contribution in [2.45, 2.75) is 52.4 Å². The summed E-state index contributed by atoms with van der Waals surface area (Å²) in [6.45, 7) is 7.90. The van der Waals surface area contributed by atoms with Crippen molar-refractivity contribution in [2.24, 2.45) is 5.92 Å². The second-order valence-corrected chi connectivity index (χ2v) is 5.53. The van der Waals surface area contributed by atoms with Gasteiger partial charge in [0.15, 0.2) is 0 Å². The largest absolute Gasteiger partial charge is 0.467 e. The highest BCUT2D eigenvalue weighted by Gasteiger charge is 2.08. The van der Waals surface area contributed by atoms with Crippen LogP contribution in [-0.4, -0.2) is 30.4 Å². The number of nitrogens with one attached hydrogen (secondary N) is 1. The van der Waals surface area contributed by atoms with Gasteiger partial charge in [-0.15, -0.1) is 0 Å². The van der Waals surface area contributed by atoms with E-state index in [9.17, 15) is 5.11 Å². The molecule has 4 nitrogen and oxygen atoms in total. The van der Waals surface area contributed by atoms with Crippen LogP contribution in [0.15, 0.2) is 22.8 Å². The fourth-order valence-corrected chi connectivity index (χ4v) is 1.77. The Morgan fingerprint density at radius 2 is 2.11 bits per heavy atom. The lowest BCUT2D eigenvalue weighted by Gasteiger charge is -2.17. The van der Waals surface area contributed by atoms with Gasteiger partial charge in [-0.05, 0) is 37.8 Å². The zero-order valence-electron chi connectivity index (χ0n) is 12.3. The van der Waals surface area contributed by atoms with Gasteiger partial charge in [0.05, 0.1) is 19.0 Å². The van der Waals surface area contributed by atoms with E-state index in [0.29, 0.717) is 25.8 Å². The molecular weight excluding hydrogens is 242 g/mol. The smallest absolute Gasteiger partial charge is 0.129 e. The highest BCUT2D eigenvalue weighted by molar-refractivity contribution is 4.96. The molecule has 1 aromatic rings. The van der Waals surface area contributed by atoms with E-state index in [1.54, 1.807) is 6.26 Å². The van der Waals surface area contributed by atoms with Crippen molar-refractivity contribution < 1.29 is 14.3 Å². The predicted molar refractivity (Wildman–Crippen MR) is 75.9 cm³/mol. The molecule has 0 saturated heterocycles. The van der Waals surface area contributed by atoms with Crippen LogP contribution in [0.3, 0.4) is 0 Å². The minimum absolute atomic E-state index is 0.324. The van der Waals surface area contributed by atoms with Crippen molar-refractivity contribution in [3.63, 3.8) is 0 Å². The van der Waals surface area contributed by atoms with Crippen LogP contribution in [0.5, 0.6) is 0 Å². The zero-order chi connectivity index (χ0) is 14.1. The fourth-order valence-electron chi connectivity index (χ4n) is 1.77. The minimum Gasteiger partial charge on any atom is -0.467 e. The molecule has 19 heavy (non-hydrogen) atoms. The highest BCUT2D eigenvalue weighted by Crippen LogP contribution is 2.06. The Balaban J connectivity index is 2.02. The molecule has 0 fully saturated rings. The molecule has 0 aliphatic carbocycles. The van der Waals surface area contributed by atoms with Gasteiger partial charge in [-0.25, -0.2) is 0 Å². The summed E-state index contributed by atoms with van der Waals surface area (Å²) in [4.78, 5) is 0. The summed E-state index contributed by atoms with van der Waals surface area (Å²) in [6.07, 6.45) is 3.49. The van der Waals surface area contributed by atoms with E-state index in [4.69, 9.17) is 9.15 Å². The van der Waals surface area contributed by atoms with Crippen molar-refractivity contribution in [2.75, 3.05) is 13.2 Å². The SMILES string of the molecule is CC(C)CCC(C)NCC(O)COCc1ccco1. The molecule has 0 spiro atoms. The molecule has 110 valence electrons. The first-order valence-electron chi connectivity index (χ1n) is 7.09. The number of furan rings is 1. The van der Waals surface area contributed by atoms with Gasteiger partial charge in [0.2, 0.25) is 0 Å². The number of aliphatic hydroxyl groups is 1. The molecular formula is C15H27NO3. The van der Waals surface area contributed by atoms with Crippen LogP contribution in [-0.2, 0) is 11.3 Å². The first kappa shape index (κ1) is 16.2. The normalized spacial score (nSPS) is 14.8. The maximum Gasteiger partial charge on any atom is 0.129 e. The van der Waals surface area contributed by atoms with Crippen LogP contribution < -0.4 is 5.32 Å². The summed E-state index contributed by atoms with van der Waals surface area (Å²) in [5.74, 6) is 1.51. The maximum absolute atomic E-state index is 9.79. The average molecular weight is 269 g/mol. The molecule has 2 N–H and O–H groups in total. The predicted octanol–water partition coefficient (Wildman–Crippen LogP) is 2.57. The van der Waals surface area contributed by atoms with E-state index < -0.39 is 6.10 Å². The summed E-state index contributed by atoms with van der Waals surface area (Å²) in [5, 5.41) is 13.1. The lowest BCUT2D eigenvalue weighted by molar-refractivity contribution is 0.0216. The molecule has 1 rings (SSSR count). The quantitative estimate of drug-likeness (QED) is 0.685. The topological polar surface area (TPSA) is 54.6 Å². The van der Waals surface area contributed by atoms with Gasteiger partial charge in [0.25, 0.3) is 0 Å². The second kappa shape index (κ2) is 9.13. The Kier molecular flexibility index (Phi) is 7.79. The monoisotopic (exact) mass is 269 g/mol. The Bertz CT molecular complexity index is 311. The van der Waals surface area contributed by atoms with Gasteiger partial charge in [0.1, 0.15) is 12.4 Å². The highest BCUT2D eigenvalue weighted by atomic mass is 16.5. The molecule has 0 radical (unpaired) electrons. The van der Waals surface area contributed by atoms with E-state index in [2.05, 4.69) is 26.1 Å². The summed E-state index contributed by atoms with van der Waals surface area (Å²) < 4.78 is 10.5. The van der Waals surface area contributed by atoms with E-state index >= 15 is 0 Å². The number of hydrogen-bond donors (Lipinski definition) is 2. The average Bonchev–Trinajstić information content (AvgIpc) is 2.87. The minimum atomic E-state index is -0.475. The number of rotatable bonds is 10.